The number of amides is 1. The number of H-pyrrole nitrogens is 1. The molecule has 174 valence electrons. The lowest BCUT2D eigenvalue weighted by Gasteiger charge is -2.10. The lowest BCUT2D eigenvalue weighted by atomic mass is 10.1. The summed E-state index contributed by atoms with van der Waals surface area (Å²) in [7, 11) is 1.55. The molecule has 0 spiro atoms. The van der Waals surface area contributed by atoms with Crippen molar-refractivity contribution in [1.82, 2.24) is 15.3 Å². The van der Waals surface area contributed by atoms with Crippen LogP contribution in [0.25, 0.3) is 0 Å². The third-order valence-corrected chi connectivity index (χ3v) is 6.48. The number of halogens is 2. The zero-order valence-electron chi connectivity index (χ0n) is 18.1. The number of thioether (sulfide) groups is 1. The van der Waals surface area contributed by atoms with Gasteiger partial charge in [0, 0.05) is 35.3 Å². The van der Waals surface area contributed by atoms with E-state index in [1.807, 2.05) is 24.3 Å². The number of nitrogens with zero attached hydrogens (tertiary/aromatic N) is 2. The van der Waals surface area contributed by atoms with Gasteiger partial charge in [0.25, 0.3) is 5.56 Å². The van der Waals surface area contributed by atoms with E-state index in [0.717, 1.165) is 23.4 Å². The van der Waals surface area contributed by atoms with E-state index in [4.69, 9.17) is 4.74 Å². The van der Waals surface area contributed by atoms with Gasteiger partial charge in [-0.25, -0.2) is 13.8 Å². The molecule has 1 aromatic heterocycles. The lowest BCUT2D eigenvalue weighted by molar-refractivity contribution is -0.122. The maximum absolute atomic E-state index is 13.9. The van der Waals surface area contributed by atoms with Gasteiger partial charge in [-0.15, -0.1) is 0 Å². The van der Waals surface area contributed by atoms with E-state index in [-0.39, 0.29) is 46.1 Å². The molecule has 1 heterocycles. The molecule has 0 radical (unpaired) electrons. The van der Waals surface area contributed by atoms with Crippen LogP contribution in [0.1, 0.15) is 34.7 Å². The standard InChI is InChI=1S/C24H20F2N4O3S/c1-33-19-8-3-2-5-13(19)11-28-22(31)16-9-15(16)21-17(10-27)23(32)30-24(29-21)34-12-14-6-4-7-18(25)20(14)26/h2-8,15-16H,9,11-12H2,1H3,(H,28,31)(H,29,30,32). The van der Waals surface area contributed by atoms with Crippen molar-refractivity contribution in [2.24, 2.45) is 5.92 Å². The number of nitrogens with one attached hydrogen (secondary N) is 2. The highest BCUT2D eigenvalue weighted by molar-refractivity contribution is 7.98. The zero-order chi connectivity index (χ0) is 24.2. The number of methoxy groups -OCH3 is 1. The van der Waals surface area contributed by atoms with E-state index in [2.05, 4.69) is 15.3 Å². The molecule has 1 saturated carbocycles. The highest BCUT2D eigenvalue weighted by atomic mass is 32.2. The number of hydrogen-bond donors (Lipinski definition) is 2. The summed E-state index contributed by atoms with van der Waals surface area (Å²) in [6, 6.07) is 13.1. The number of aromatic nitrogens is 2. The van der Waals surface area contributed by atoms with Gasteiger partial charge in [-0.2, -0.15) is 5.26 Å². The predicted molar refractivity (Wildman–Crippen MR) is 121 cm³/mol. The SMILES string of the molecule is COc1ccccc1CNC(=O)C1CC1c1nc(SCc2cccc(F)c2F)[nH]c(=O)c1C#N. The Morgan fingerprint density at radius 3 is 2.79 bits per heavy atom. The molecule has 1 fully saturated rings. The monoisotopic (exact) mass is 482 g/mol. The average Bonchev–Trinajstić information content (AvgIpc) is 3.64. The van der Waals surface area contributed by atoms with Crippen molar-refractivity contribution in [1.29, 1.82) is 5.26 Å². The third kappa shape index (κ3) is 4.94. The van der Waals surface area contributed by atoms with Crippen LogP contribution in [0.4, 0.5) is 8.78 Å². The van der Waals surface area contributed by atoms with Gasteiger partial charge in [-0.1, -0.05) is 42.1 Å². The minimum absolute atomic E-state index is 0.0331. The molecule has 0 bridgehead atoms. The van der Waals surface area contributed by atoms with Gasteiger partial charge in [-0.05, 0) is 18.6 Å². The van der Waals surface area contributed by atoms with Crippen molar-refractivity contribution in [2.75, 3.05) is 7.11 Å². The Balaban J connectivity index is 1.46. The number of carbonyl (C=O) groups excluding carboxylic acids is 1. The van der Waals surface area contributed by atoms with E-state index in [9.17, 15) is 23.6 Å². The van der Waals surface area contributed by atoms with E-state index in [0.29, 0.717) is 12.2 Å². The highest BCUT2D eigenvalue weighted by Crippen LogP contribution is 2.47. The number of benzene rings is 2. The second-order valence-corrected chi connectivity index (χ2v) is 8.69. The summed E-state index contributed by atoms with van der Waals surface area (Å²) in [4.78, 5) is 32.0. The molecule has 2 unspecified atom stereocenters. The van der Waals surface area contributed by atoms with E-state index < -0.39 is 23.1 Å². The fraction of sp³-hybridized carbons (Fsp3) is 0.250. The number of rotatable bonds is 8. The molecular weight excluding hydrogens is 462 g/mol. The van der Waals surface area contributed by atoms with Gasteiger partial charge in [0.2, 0.25) is 5.91 Å². The minimum atomic E-state index is -0.958. The quantitative estimate of drug-likeness (QED) is 0.375. The Morgan fingerprint density at radius 2 is 2.03 bits per heavy atom. The van der Waals surface area contributed by atoms with Gasteiger partial charge >= 0.3 is 0 Å². The summed E-state index contributed by atoms with van der Waals surface area (Å²) in [5.41, 5.74) is 0.413. The molecule has 1 amide bonds. The van der Waals surface area contributed by atoms with E-state index in [1.54, 1.807) is 13.2 Å². The van der Waals surface area contributed by atoms with Crippen LogP contribution in [-0.4, -0.2) is 23.0 Å². The Morgan fingerprint density at radius 1 is 1.26 bits per heavy atom. The Labute approximate surface area is 198 Å². The Bertz CT molecular complexity index is 1340. The van der Waals surface area contributed by atoms with Crippen molar-refractivity contribution in [3.8, 4) is 11.8 Å². The number of nitriles is 1. The summed E-state index contributed by atoms with van der Waals surface area (Å²) in [5, 5.41) is 12.5. The zero-order valence-corrected chi connectivity index (χ0v) is 18.9. The van der Waals surface area contributed by atoms with Crippen molar-refractivity contribution in [2.45, 2.75) is 29.8 Å². The number of ether oxygens (including phenoxy) is 1. The average molecular weight is 483 g/mol. The topological polar surface area (TPSA) is 108 Å². The van der Waals surface area contributed by atoms with Gasteiger partial charge in [-0.3, -0.25) is 9.59 Å². The predicted octanol–water partition coefficient (Wildman–Crippen LogP) is 3.64. The summed E-state index contributed by atoms with van der Waals surface area (Å²) in [5.74, 6) is -2.23. The van der Waals surface area contributed by atoms with Gasteiger partial charge in [0.05, 0.1) is 12.8 Å². The molecule has 1 aliphatic rings. The third-order valence-electron chi connectivity index (χ3n) is 5.56. The van der Waals surface area contributed by atoms with Gasteiger partial charge in [0.15, 0.2) is 16.8 Å². The first-order valence-electron chi connectivity index (χ1n) is 10.4. The second kappa shape index (κ2) is 10.1. The normalized spacial score (nSPS) is 16.5. The molecule has 3 aromatic rings. The molecular formula is C24H20F2N4O3S. The van der Waals surface area contributed by atoms with Crippen LogP contribution in [-0.2, 0) is 17.1 Å². The van der Waals surface area contributed by atoms with Crippen molar-refractivity contribution in [3.05, 3.63) is 86.8 Å². The number of hydrogen-bond acceptors (Lipinski definition) is 6. The summed E-state index contributed by atoms with van der Waals surface area (Å²) in [6.07, 6.45) is 0.450. The first kappa shape index (κ1) is 23.4. The highest BCUT2D eigenvalue weighted by Gasteiger charge is 2.46. The van der Waals surface area contributed by atoms with Crippen LogP contribution in [0.2, 0.25) is 0 Å². The largest absolute Gasteiger partial charge is 0.496 e. The second-order valence-electron chi connectivity index (χ2n) is 7.72. The first-order chi connectivity index (χ1) is 16.4. The summed E-state index contributed by atoms with van der Waals surface area (Å²) < 4.78 is 32.7. The molecule has 0 aliphatic heterocycles. The number of carbonyl (C=O) groups is 1. The summed E-state index contributed by atoms with van der Waals surface area (Å²) >= 11 is 1.01. The first-order valence-corrected chi connectivity index (χ1v) is 11.4. The van der Waals surface area contributed by atoms with E-state index >= 15 is 0 Å². The van der Waals surface area contributed by atoms with Crippen LogP contribution in [0, 0.1) is 28.9 Å². The molecule has 7 nitrogen and oxygen atoms in total. The van der Waals surface area contributed by atoms with Crippen molar-refractivity contribution in [3.63, 3.8) is 0 Å². The smallest absolute Gasteiger partial charge is 0.269 e. The summed E-state index contributed by atoms with van der Waals surface area (Å²) in [6.45, 7) is 0.278. The van der Waals surface area contributed by atoms with Crippen LogP contribution in [0.15, 0.2) is 52.4 Å². The van der Waals surface area contributed by atoms with Gasteiger partial charge in [0.1, 0.15) is 17.4 Å². The van der Waals surface area contributed by atoms with Crippen LogP contribution < -0.4 is 15.6 Å². The maximum Gasteiger partial charge on any atom is 0.269 e. The van der Waals surface area contributed by atoms with Crippen molar-refractivity contribution < 1.29 is 18.3 Å². The van der Waals surface area contributed by atoms with Crippen LogP contribution in [0.5, 0.6) is 5.75 Å². The fourth-order valence-corrected chi connectivity index (χ4v) is 4.51. The molecule has 2 aromatic carbocycles. The Hall–Kier alpha value is -3.71. The molecule has 1 aliphatic carbocycles. The number of aromatic amines is 1. The van der Waals surface area contributed by atoms with Crippen LogP contribution in [0.3, 0.4) is 0 Å². The number of para-hydroxylation sites is 1. The van der Waals surface area contributed by atoms with Gasteiger partial charge < -0.3 is 15.0 Å². The fourth-order valence-electron chi connectivity index (χ4n) is 3.67. The molecule has 2 atom stereocenters. The molecule has 4 rings (SSSR count). The lowest BCUT2D eigenvalue weighted by Crippen LogP contribution is -2.25. The minimum Gasteiger partial charge on any atom is -0.496 e. The molecule has 0 saturated heterocycles. The van der Waals surface area contributed by atoms with E-state index in [1.165, 1.54) is 12.1 Å². The molecule has 34 heavy (non-hydrogen) atoms. The molecule has 2 N–H and O–H groups in total. The Kier molecular flexibility index (Phi) is 6.93. The van der Waals surface area contributed by atoms with Crippen molar-refractivity contribution >= 4 is 17.7 Å². The van der Waals surface area contributed by atoms with Crippen LogP contribution >= 0.6 is 11.8 Å². The maximum atomic E-state index is 13.9. The molecule has 10 heteroatoms.